The van der Waals surface area contributed by atoms with E-state index in [0.717, 1.165) is 57.8 Å². The number of hydrogen-bond donors (Lipinski definition) is 11. The molecule has 0 aromatic rings. The molecular weight excluding hydrogens is 778 g/mol. The van der Waals surface area contributed by atoms with Gasteiger partial charge in [-0.2, -0.15) is 0 Å². The molecule has 0 rings (SSSR count). The van der Waals surface area contributed by atoms with E-state index in [4.69, 9.17) is 5.11 Å². The first-order valence-electron chi connectivity index (χ1n) is 20.2. The van der Waals surface area contributed by atoms with Crippen LogP contribution in [-0.4, -0.2) is 137 Å². The van der Waals surface area contributed by atoms with Gasteiger partial charge in [-0.25, -0.2) is 4.79 Å². The minimum atomic E-state index is -1.55. The van der Waals surface area contributed by atoms with Crippen molar-refractivity contribution in [3.05, 3.63) is 0 Å². The van der Waals surface area contributed by atoms with Crippen LogP contribution in [0.5, 0.6) is 0 Å². The molecule has 21 heteroatoms. The zero-order chi connectivity index (χ0) is 44.4. The first-order valence-corrected chi connectivity index (χ1v) is 20.2. The molecule has 0 heterocycles. The Hall–Kier alpha value is -5.18. The molecule has 0 radical (unpaired) electrons. The zero-order valence-corrected chi connectivity index (χ0v) is 34.1. The molecule has 0 fully saturated rings. The molecule has 0 aliphatic carbocycles. The number of carbonyl (C=O) groups excluding carboxylic acids is 8. The summed E-state index contributed by atoms with van der Waals surface area (Å²) in [7, 11) is 0. The number of aliphatic hydroxyl groups excluding tert-OH is 2. The van der Waals surface area contributed by atoms with Gasteiger partial charge in [-0.05, 0) is 26.2 Å². The lowest BCUT2D eigenvalue weighted by Crippen LogP contribution is -2.55. The van der Waals surface area contributed by atoms with Gasteiger partial charge in [0.05, 0.1) is 39.4 Å². The van der Waals surface area contributed by atoms with Crippen LogP contribution < -0.4 is 37.2 Å². The average molecular weight is 844 g/mol. The molecule has 59 heavy (non-hydrogen) atoms. The molecule has 0 spiro atoms. The van der Waals surface area contributed by atoms with Crippen molar-refractivity contribution in [2.24, 2.45) is 0 Å². The van der Waals surface area contributed by atoms with E-state index < -0.39 is 104 Å². The van der Waals surface area contributed by atoms with Crippen LogP contribution in [0.25, 0.3) is 0 Å². The van der Waals surface area contributed by atoms with Crippen LogP contribution in [0.1, 0.15) is 122 Å². The second-order valence-corrected chi connectivity index (χ2v) is 14.1. The van der Waals surface area contributed by atoms with Crippen molar-refractivity contribution in [3.63, 3.8) is 0 Å². The number of hydrogen-bond acceptors (Lipinski definition) is 12. The lowest BCUT2D eigenvalue weighted by Gasteiger charge is -2.18. The topological polar surface area (TPSA) is 336 Å². The smallest absolute Gasteiger partial charge is 0.326 e. The summed E-state index contributed by atoms with van der Waals surface area (Å²) in [5.74, 6) is -8.02. The molecular formula is C38H65N7O14. The van der Waals surface area contributed by atoms with E-state index in [9.17, 15) is 63.3 Å². The van der Waals surface area contributed by atoms with Gasteiger partial charge >= 0.3 is 11.9 Å². The van der Waals surface area contributed by atoms with Gasteiger partial charge in [0.25, 0.3) is 0 Å². The van der Waals surface area contributed by atoms with Crippen LogP contribution in [0.3, 0.4) is 0 Å². The summed E-state index contributed by atoms with van der Waals surface area (Å²) < 4.78 is 0. The fourth-order valence-electron chi connectivity index (χ4n) is 5.50. The van der Waals surface area contributed by atoms with Gasteiger partial charge in [0.2, 0.25) is 41.4 Å². The van der Waals surface area contributed by atoms with E-state index in [-0.39, 0.29) is 38.0 Å². The highest BCUT2D eigenvalue weighted by Crippen LogP contribution is 2.14. The Morgan fingerprint density at radius 1 is 0.407 bits per heavy atom. The molecule has 336 valence electrons. The van der Waals surface area contributed by atoms with Gasteiger partial charge in [0.15, 0.2) is 0 Å². The van der Waals surface area contributed by atoms with E-state index in [1.807, 2.05) is 0 Å². The van der Waals surface area contributed by atoms with Crippen LogP contribution in [-0.2, 0) is 47.9 Å². The quantitative estimate of drug-likeness (QED) is 0.0326. The third-order valence-corrected chi connectivity index (χ3v) is 8.83. The second-order valence-electron chi connectivity index (χ2n) is 14.1. The van der Waals surface area contributed by atoms with Crippen molar-refractivity contribution in [2.45, 2.75) is 141 Å². The number of carboxylic acids is 2. The average Bonchev–Trinajstić information content (AvgIpc) is 3.19. The Morgan fingerprint density at radius 2 is 0.780 bits per heavy atom. The van der Waals surface area contributed by atoms with E-state index in [0.29, 0.717) is 6.42 Å². The molecule has 0 saturated carbocycles. The van der Waals surface area contributed by atoms with Crippen molar-refractivity contribution in [2.75, 3.05) is 39.4 Å². The third kappa shape index (κ3) is 30.6. The largest absolute Gasteiger partial charge is 0.481 e. The highest BCUT2D eigenvalue weighted by molar-refractivity contribution is 5.94. The Bertz CT molecular complexity index is 1360. The Balaban J connectivity index is 4.28. The molecule has 11 N–H and O–H groups in total. The first kappa shape index (κ1) is 53.8. The van der Waals surface area contributed by atoms with E-state index in [1.54, 1.807) is 0 Å². The molecule has 7 amide bonds. The van der Waals surface area contributed by atoms with Crippen LogP contribution in [0.15, 0.2) is 0 Å². The van der Waals surface area contributed by atoms with Crippen molar-refractivity contribution < 1.29 is 68.4 Å². The van der Waals surface area contributed by atoms with Crippen LogP contribution >= 0.6 is 0 Å². The molecule has 0 bridgehead atoms. The lowest BCUT2D eigenvalue weighted by molar-refractivity contribution is -0.142. The molecule has 3 atom stereocenters. The van der Waals surface area contributed by atoms with Crippen molar-refractivity contribution in [3.8, 4) is 0 Å². The maximum atomic E-state index is 12.4. The number of nitrogens with one attached hydrogen (secondary N) is 7. The van der Waals surface area contributed by atoms with Crippen LogP contribution in [0, 0.1) is 0 Å². The number of aliphatic carboxylic acids is 2. The van der Waals surface area contributed by atoms with Crippen LogP contribution in [0.4, 0.5) is 0 Å². The molecule has 0 aliphatic rings. The summed E-state index contributed by atoms with van der Waals surface area (Å²) in [4.78, 5) is 118. The van der Waals surface area contributed by atoms with Crippen molar-refractivity contribution in [1.82, 2.24) is 37.2 Å². The standard InChI is InChI=1S/C38H65N7O14/c1-26(48)20-39-32(51)21-41-36(56)28(24-46)45-34(53)23-42-37(57)29(25-47)44-33(52)22-40-30(49)19-18-27(38(58)59)43-31(50)16-14-12-10-8-6-4-2-3-5-7-9-11-13-15-17-35(54)55/h27-29,46-47H,2-25H2,1H3,(H,39,51)(H,40,49)(H,41,56)(H,42,57)(H,43,50)(H,44,52)(H,45,53)(H,54,55)(H,58,59). The predicted molar refractivity (Wildman–Crippen MR) is 211 cm³/mol. The van der Waals surface area contributed by atoms with Gasteiger partial charge < -0.3 is 57.6 Å². The summed E-state index contributed by atoms with van der Waals surface area (Å²) in [5, 5.41) is 52.6. The molecule has 0 aromatic carbocycles. The highest BCUT2D eigenvalue weighted by atomic mass is 16.4. The molecule has 0 aliphatic heterocycles. The minimum absolute atomic E-state index is 0.142. The highest BCUT2D eigenvalue weighted by Gasteiger charge is 2.24. The number of carbonyl (C=O) groups is 10. The summed E-state index contributed by atoms with van der Waals surface area (Å²) in [6.45, 7) is -2.69. The van der Waals surface area contributed by atoms with Gasteiger partial charge in [-0.15, -0.1) is 0 Å². The maximum Gasteiger partial charge on any atom is 0.326 e. The number of rotatable bonds is 36. The Morgan fingerprint density at radius 3 is 1.19 bits per heavy atom. The second kappa shape index (κ2) is 33.8. The predicted octanol–water partition coefficient (Wildman–Crippen LogP) is -1.33. The molecule has 0 aromatic heterocycles. The fraction of sp³-hybridized carbons (Fsp3) is 0.737. The zero-order valence-electron chi connectivity index (χ0n) is 34.1. The van der Waals surface area contributed by atoms with Crippen molar-refractivity contribution >= 4 is 59.1 Å². The van der Waals surface area contributed by atoms with E-state index in [1.165, 1.54) is 32.6 Å². The SMILES string of the molecule is CC(=O)CNC(=O)CNC(=O)C(CO)NC(=O)CNC(=O)C(CO)NC(=O)CNC(=O)CCC(NC(=O)CCCCCCCCCCCCCCCCC(=O)O)C(=O)O. The molecule has 21 nitrogen and oxygen atoms in total. The summed E-state index contributed by atoms with van der Waals surface area (Å²) in [6.07, 6.45) is 14.1. The molecule has 0 saturated heterocycles. The van der Waals surface area contributed by atoms with Gasteiger partial charge in [-0.3, -0.25) is 43.2 Å². The first-order chi connectivity index (χ1) is 28.1. The fourth-order valence-corrected chi connectivity index (χ4v) is 5.50. The summed E-state index contributed by atoms with van der Waals surface area (Å²) in [6, 6.07) is -4.37. The van der Waals surface area contributed by atoms with Gasteiger partial charge in [0.1, 0.15) is 23.9 Å². The summed E-state index contributed by atoms with van der Waals surface area (Å²) in [5.41, 5.74) is 0. The Labute approximate surface area is 344 Å². The normalized spacial score (nSPS) is 12.2. The number of Topliss-reactive ketones (excluding diaryl/α,β-unsaturated/α-hetero) is 1. The monoisotopic (exact) mass is 843 g/mol. The number of ketones is 1. The summed E-state index contributed by atoms with van der Waals surface area (Å²) >= 11 is 0. The van der Waals surface area contributed by atoms with Gasteiger partial charge in [0, 0.05) is 19.3 Å². The number of unbranched alkanes of at least 4 members (excludes halogenated alkanes) is 13. The number of carboxylic acid groups (broad SMARTS) is 2. The molecule has 3 unspecified atom stereocenters. The van der Waals surface area contributed by atoms with E-state index >= 15 is 0 Å². The minimum Gasteiger partial charge on any atom is -0.481 e. The Kier molecular flexibility index (Phi) is 30.8. The van der Waals surface area contributed by atoms with Crippen LogP contribution in [0.2, 0.25) is 0 Å². The maximum absolute atomic E-state index is 12.4. The number of amides is 7. The van der Waals surface area contributed by atoms with Crippen molar-refractivity contribution in [1.29, 1.82) is 0 Å². The lowest BCUT2D eigenvalue weighted by atomic mass is 10.0. The van der Waals surface area contributed by atoms with E-state index in [2.05, 4.69) is 37.2 Å². The number of aliphatic hydroxyl groups is 2. The third-order valence-electron chi connectivity index (χ3n) is 8.83. The van der Waals surface area contributed by atoms with Gasteiger partial charge in [-0.1, -0.05) is 77.0 Å².